The minimum absolute atomic E-state index is 0.231. The van der Waals surface area contributed by atoms with Gasteiger partial charge in [-0.2, -0.15) is 5.10 Å². The number of hydrogen-bond acceptors (Lipinski definition) is 4. The summed E-state index contributed by atoms with van der Waals surface area (Å²) in [6.45, 7) is 6.21. The Hall–Kier alpha value is -3.12. The number of anilines is 2. The Balaban J connectivity index is 1.69. The van der Waals surface area contributed by atoms with Crippen LogP contribution in [0, 0.1) is 0 Å². The summed E-state index contributed by atoms with van der Waals surface area (Å²) < 4.78 is 0.982. The van der Waals surface area contributed by atoms with Crippen LogP contribution >= 0.6 is 15.9 Å². The van der Waals surface area contributed by atoms with Crippen molar-refractivity contribution in [1.82, 2.24) is 5.43 Å². The molecule has 0 aliphatic carbocycles. The van der Waals surface area contributed by atoms with Gasteiger partial charge >= 0.3 is 0 Å². The van der Waals surface area contributed by atoms with Crippen LogP contribution in [0.3, 0.4) is 0 Å². The summed E-state index contributed by atoms with van der Waals surface area (Å²) in [5.74, 6) is -0.231. The van der Waals surface area contributed by atoms with Crippen LogP contribution in [0.15, 0.2) is 88.4 Å². The second kappa shape index (κ2) is 11.3. The van der Waals surface area contributed by atoms with Gasteiger partial charge in [0, 0.05) is 28.9 Å². The first-order valence-electron chi connectivity index (χ1n) is 10.4. The third-order valence-corrected chi connectivity index (χ3v) is 5.49. The quantitative estimate of drug-likeness (QED) is 0.310. The van der Waals surface area contributed by atoms with E-state index < -0.39 is 6.04 Å². The van der Waals surface area contributed by atoms with Crippen molar-refractivity contribution in [1.29, 1.82) is 0 Å². The smallest absolute Gasteiger partial charge is 0.267 e. The monoisotopic (exact) mass is 478 g/mol. The van der Waals surface area contributed by atoms with E-state index in [1.807, 2.05) is 66.7 Å². The van der Waals surface area contributed by atoms with Gasteiger partial charge in [-0.05, 0) is 61.4 Å². The highest BCUT2D eigenvalue weighted by atomic mass is 79.9. The van der Waals surface area contributed by atoms with Crippen LogP contribution in [-0.4, -0.2) is 25.2 Å². The molecule has 31 heavy (non-hydrogen) atoms. The first kappa shape index (κ1) is 22.6. The van der Waals surface area contributed by atoms with Crippen LogP contribution in [0.5, 0.6) is 0 Å². The highest BCUT2D eigenvalue weighted by Crippen LogP contribution is 2.22. The van der Waals surface area contributed by atoms with Crippen LogP contribution in [0.25, 0.3) is 0 Å². The molecule has 0 saturated heterocycles. The first-order chi connectivity index (χ1) is 15.1. The zero-order valence-electron chi connectivity index (χ0n) is 17.8. The van der Waals surface area contributed by atoms with E-state index in [1.54, 1.807) is 6.21 Å². The van der Waals surface area contributed by atoms with Gasteiger partial charge < -0.3 is 10.2 Å². The molecular weight excluding hydrogens is 452 g/mol. The third kappa shape index (κ3) is 6.43. The van der Waals surface area contributed by atoms with E-state index in [1.165, 1.54) is 5.69 Å². The van der Waals surface area contributed by atoms with Crippen LogP contribution < -0.4 is 15.6 Å². The molecule has 0 aliphatic heterocycles. The zero-order chi connectivity index (χ0) is 22.1. The molecule has 1 atom stereocenters. The van der Waals surface area contributed by atoms with Crippen molar-refractivity contribution >= 4 is 39.4 Å². The van der Waals surface area contributed by atoms with Gasteiger partial charge in [-0.15, -0.1) is 0 Å². The predicted molar refractivity (Wildman–Crippen MR) is 133 cm³/mol. The summed E-state index contributed by atoms with van der Waals surface area (Å²) in [5.41, 5.74) is 6.48. The average molecular weight is 479 g/mol. The Morgan fingerprint density at radius 1 is 0.968 bits per heavy atom. The number of hydrogen-bond donors (Lipinski definition) is 2. The molecule has 0 bridgehead atoms. The number of carbonyl (C=O) groups is 1. The molecule has 5 nitrogen and oxygen atoms in total. The van der Waals surface area contributed by atoms with Gasteiger partial charge in [0.2, 0.25) is 0 Å². The van der Waals surface area contributed by atoms with Gasteiger partial charge in [0.15, 0.2) is 0 Å². The molecule has 0 spiro atoms. The topological polar surface area (TPSA) is 56.7 Å². The van der Waals surface area contributed by atoms with E-state index in [-0.39, 0.29) is 5.91 Å². The fraction of sp³-hybridized carbons (Fsp3) is 0.200. The predicted octanol–water partition coefficient (Wildman–Crippen LogP) is 5.60. The molecule has 0 aromatic heterocycles. The van der Waals surface area contributed by atoms with Crippen molar-refractivity contribution in [3.63, 3.8) is 0 Å². The lowest BCUT2D eigenvalue weighted by molar-refractivity contribution is -0.121. The van der Waals surface area contributed by atoms with E-state index in [0.29, 0.717) is 0 Å². The molecule has 0 fully saturated rings. The number of nitrogens with one attached hydrogen (secondary N) is 2. The zero-order valence-corrected chi connectivity index (χ0v) is 19.3. The maximum absolute atomic E-state index is 12.9. The van der Waals surface area contributed by atoms with Gasteiger partial charge in [-0.1, -0.05) is 58.4 Å². The summed E-state index contributed by atoms with van der Waals surface area (Å²) in [4.78, 5) is 15.2. The Morgan fingerprint density at radius 3 is 2.23 bits per heavy atom. The SMILES string of the molecule is CCN(CC)c1ccc(/C=N/NC(=O)C(Nc2ccc(Br)cc2)c2ccccc2)cc1. The molecule has 160 valence electrons. The van der Waals surface area contributed by atoms with Crippen LogP contribution in [0.4, 0.5) is 11.4 Å². The summed E-state index contributed by atoms with van der Waals surface area (Å²) in [6.07, 6.45) is 1.66. The molecule has 3 rings (SSSR count). The van der Waals surface area contributed by atoms with E-state index in [2.05, 4.69) is 62.7 Å². The molecule has 0 saturated carbocycles. The fourth-order valence-corrected chi connectivity index (χ4v) is 3.52. The molecule has 1 unspecified atom stereocenters. The summed E-state index contributed by atoms with van der Waals surface area (Å²) >= 11 is 3.43. The van der Waals surface area contributed by atoms with Gasteiger partial charge in [0.05, 0.1) is 6.21 Å². The minimum atomic E-state index is -0.565. The molecule has 3 aromatic carbocycles. The number of benzene rings is 3. The second-order valence-electron chi connectivity index (χ2n) is 6.99. The Morgan fingerprint density at radius 2 is 1.61 bits per heavy atom. The van der Waals surface area contributed by atoms with Gasteiger partial charge in [0.25, 0.3) is 5.91 Å². The lowest BCUT2D eigenvalue weighted by Gasteiger charge is -2.20. The van der Waals surface area contributed by atoms with Crippen molar-refractivity contribution in [2.75, 3.05) is 23.3 Å². The van der Waals surface area contributed by atoms with Crippen molar-refractivity contribution in [3.8, 4) is 0 Å². The van der Waals surface area contributed by atoms with E-state index in [9.17, 15) is 4.79 Å². The number of halogens is 1. The molecule has 2 N–H and O–H groups in total. The molecule has 1 amide bonds. The lowest BCUT2D eigenvalue weighted by atomic mass is 10.1. The number of hydrazone groups is 1. The number of amides is 1. The van der Waals surface area contributed by atoms with Crippen molar-refractivity contribution < 1.29 is 4.79 Å². The maximum Gasteiger partial charge on any atom is 0.267 e. The number of rotatable bonds is 9. The fourth-order valence-electron chi connectivity index (χ4n) is 3.25. The van der Waals surface area contributed by atoms with Gasteiger partial charge in [-0.25, -0.2) is 5.43 Å². The van der Waals surface area contributed by atoms with Gasteiger partial charge in [0.1, 0.15) is 6.04 Å². The first-order valence-corrected chi connectivity index (χ1v) is 11.1. The van der Waals surface area contributed by atoms with Crippen LogP contribution in [0.2, 0.25) is 0 Å². The second-order valence-corrected chi connectivity index (χ2v) is 7.91. The lowest BCUT2D eigenvalue weighted by Crippen LogP contribution is -2.30. The summed E-state index contributed by atoms with van der Waals surface area (Å²) in [7, 11) is 0. The molecule has 0 heterocycles. The molecular formula is C25H27BrN4O. The minimum Gasteiger partial charge on any atom is -0.372 e. The Labute approximate surface area is 192 Å². The molecule has 0 radical (unpaired) electrons. The Kier molecular flexibility index (Phi) is 8.24. The number of carbonyl (C=O) groups excluding carboxylic acids is 1. The van der Waals surface area contributed by atoms with Crippen LogP contribution in [-0.2, 0) is 4.79 Å². The van der Waals surface area contributed by atoms with Crippen LogP contribution in [0.1, 0.15) is 31.0 Å². The van der Waals surface area contributed by atoms with Crippen molar-refractivity contribution in [3.05, 3.63) is 94.5 Å². The molecule has 6 heteroatoms. The van der Waals surface area contributed by atoms with Crippen molar-refractivity contribution in [2.45, 2.75) is 19.9 Å². The molecule has 0 aliphatic rings. The van der Waals surface area contributed by atoms with E-state index in [0.717, 1.165) is 34.4 Å². The largest absolute Gasteiger partial charge is 0.372 e. The average Bonchev–Trinajstić information content (AvgIpc) is 2.81. The standard InChI is InChI=1S/C25H27BrN4O/c1-3-30(4-2)23-16-10-19(11-17-23)18-27-29-25(31)24(20-8-6-5-7-9-20)28-22-14-12-21(26)13-15-22/h5-18,24,28H,3-4H2,1-2H3,(H,29,31)/b27-18+. The Bertz CT molecular complexity index is 984. The van der Waals surface area contributed by atoms with Crippen molar-refractivity contribution in [2.24, 2.45) is 5.10 Å². The summed E-state index contributed by atoms with van der Waals surface area (Å²) in [5, 5.41) is 7.46. The van der Waals surface area contributed by atoms with Gasteiger partial charge in [-0.3, -0.25) is 4.79 Å². The highest BCUT2D eigenvalue weighted by molar-refractivity contribution is 9.10. The summed E-state index contributed by atoms with van der Waals surface area (Å²) in [6, 6.07) is 24.9. The van der Waals surface area contributed by atoms with E-state index >= 15 is 0 Å². The number of nitrogens with zero attached hydrogens (tertiary/aromatic N) is 2. The molecule has 3 aromatic rings. The highest BCUT2D eigenvalue weighted by Gasteiger charge is 2.20. The third-order valence-electron chi connectivity index (χ3n) is 4.96. The maximum atomic E-state index is 12.9. The normalized spacial score (nSPS) is 11.8. The van der Waals surface area contributed by atoms with E-state index in [4.69, 9.17) is 0 Å².